The summed E-state index contributed by atoms with van der Waals surface area (Å²) in [4.78, 5) is 8.07. The van der Waals surface area contributed by atoms with E-state index in [4.69, 9.17) is 11.6 Å². The number of aliphatic hydroxyl groups excluding tert-OH is 1. The molecular formula is C17H19ClN4O2S. The maximum atomic E-state index is 10.8. The van der Waals surface area contributed by atoms with Gasteiger partial charge in [-0.3, -0.25) is 4.90 Å². The summed E-state index contributed by atoms with van der Waals surface area (Å²) in [7, 11) is 0. The van der Waals surface area contributed by atoms with Crippen molar-refractivity contribution in [2.24, 2.45) is 0 Å². The van der Waals surface area contributed by atoms with Crippen molar-refractivity contribution in [3.05, 3.63) is 45.6 Å². The minimum atomic E-state index is -0.262. The van der Waals surface area contributed by atoms with E-state index < -0.39 is 0 Å². The third kappa shape index (κ3) is 3.01. The van der Waals surface area contributed by atoms with Crippen LogP contribution in [-0.4, -0.2) is 48.9 Å². The molecule has 1 aromatic carbocycles. The van der Waals surface area contributed by atoms with Crippen LogP contribution in [0.4, 0.5) is 0 Å². The van der Waals surface area contributed by atoms with Gasteiger partial charge in [0.1, 0.15) is 5.82 Å². The molecule has 1 atom stereocenters. The highest BCUT2D eigenvalue weighted by Gasteiger charge is 2.32. The van der Waals surface area contributed by atoms with Crippen molar-refractivity contribution in [2.75, 3.05) is 13.1 Å². The molecule has 0 radical (unpaired) electrons. The van der Waals surface area contributed by atoms with E-state index >= 15 is 0 Å². The van der Waals surface area contributed by atoms with Crippen LogP contribution in [0.2, 0.25) is 5.02 Å². The second kappa shape index (κ2) is 6.57. The highest BCUT2D eigenvalue weighted by Crippen LogP contribution is 2.42. The van der Waals surface area contributed by atoms with Gasteiger partial charge in [-0.1, -0.05) is 41.1 Å². The van der Waals surface area contributed by atoms with Crippen LogP contribution >= 0.6 is 22.9 Å². The van der Waals surface area contributed by atoms with Crippen molar-refractivity contribution in [1.29, 1.82) is 0 Å². The van der Waals surface area contributed by atoms with Crippen molar-refractivity contribution in [2.45, 2.75) is 31.9 Å². The molecule has 2 aromatic heterocycles. The number of rotatable bonds is 3. The number of piperidine rings is 1. The Morgan fingerprint density at radius 1 is 1.28 bits per heavy atom. The number of likely N-dealkylation sites (tertiary alicyclic amines) is 1. The van der Waals surface area contributed by atoms with Crippen LogP contribution in [0, 0.1) is 6.92 Å². The van der Waals surface area contributed by atoms with E-state index in [2.05, 4.69) is 15.0 Å². The highest BCUT2D eigenvalue weighted by atomic mass is 35.5. The number of hydrogen-bond acceptors (Lipinski definition) is 6. The Kier molecular flexibility index (Phi) is 4.41. The predicted molar refractivity (Wildman–Crippen MR) is 97.4 cm³/mol. The van der Waals surface area contributed by atoms with Crippen LogP contribution < -0.4 is 0 Å². The molecule has 0 unspecified atom stereocenters. The van der Waals surface area contributed by atoms with Crippen LogP contribution in [-0.2, 0) is 0 Å². The molecule has 25 heavy (non-hydrogen) atoms. The molecule has 0 bridgehead atoms. The van der Waals surface area contributed by atoms with Gasteiger partial charge in [0, 0.05) is 18.1 Å². The van der Waals surface area contributed by atoms with E-state index in [0.29, 0.717) is 28.6 Å². The summed E-state index contributed by atoms with van der Waals surface area (Å²) in [5, 5.41) is 25.5. The molecule has 1 aliphatic rings. The van der Waals surface area contributed by atoms with Gasteiger partial charge in [-0.05, 0) is 31.4 Å². The molecule has 1 saturated heterocycles. The van der Waals surface area contributed by atoms with Gasteiger partial charge in [0.25, 0.3) is 0 Å². The molecule has 0 amide bonds. The monoisotopic (exact) mass is 378 g/mol. The molecular weight excluding hydrogens is 360 g/mol. The number of fused-ring (bicyclic) bond motifs is 1. The lowest BCUT2D eigenvalue weighted by Gasteiger charge is -2.36. The van der Waals surface area contributed by atoms with E-state index in [0.717, 1.165) is 23.5 Å². The molecule has 1 aliphatic heterocycles. The Morgan fingerprint density at radius 3 is 2.68 bits per heavy atom. The van der Waals surface area contributed by atoms with Crippen LogP contribution in [0.15, 0.2) is 24.3 Å². The summed E-state index contributed by atoms with van der Waals surface area (Å²) in [5.74, 6) is 0.736. The number of halogens is 1. The molecule has 0 aliphatic carbocycles. The van der Waals surface area contributed by atoms with Crippen LogP contribution in [0.25, 0.3) is 4.96 Å². The molecule has 0 saturated carbocycles. The summed E-state index contributed by atoms with van der Waals surface area (Å²) >= 11 is 7.90. The number of hydrogen-bond donors (Lipinski definition) is 2. The van der Waals surface area contributed by atoms with E-state index in [1.165, 1.54) is 15.9 Å². The van der Waals surface area contributed by atoms with E-state index in [1.807, 2.05) is 24.3 Å². The molecule has 2 N–H and O–H groups in total. The Bertz CT molecular complexity index is 901. The summed E-state index contributed by atoms with van der Waals surface area (Å²) in [5.41, 5.74) is 0.942. The number of nitrogens with zero attached hydrogens (tertiary/aromatic N) is 4. The number of aliphatic hydroxyl groups is 1. The second-order valence-corrected chi connectivity index (χ2v) is 7.75. The minimum absolute atomic E-state index is 0.108. The zero-order chi connectivity index (χ0) is 17.6. The normalized spacial score (nSPS) is 18.0. The van der Waals surface area contributed by atoms with Crippen LogP contribution in [0.3, 0.4) is 0 Å². The lowest BCUT2D eigenvalue weighted by Crippen LogP contribution is -2.38. The van der Waals surface area contributed by atoms with E-state index in [1.54, 1.807) is 6.92 Å². The van der Waals surface area contributed by atoms with Crippen molar-refractivity contribution >= 4 is 27.9 Å². The largest absolute Gasteiger partial charge is 0.492 e. The van der Waals surface area contributed by atoms with Crippen molar-refractivity contribution in [3.63, 3.8) is 0 Å². The third-order valence-corrected chi connectivity index (χ3v) is 6.03. The summed E-state index contributed by atoms with van der Waals surface area (Å²) in [6, 6.07) is 7.51. The van der Waals surface area contributed by atoms with Gasteiger partial charge in [0.2, 0.25) is 10.8 Å². The molecule has 132 valence electrons. The van der Waals surface area contributed by atoms with Gasteiger partial charge in [-0.25, -0.2) is 4.98 Å². The van der Waals surface area contributed by atoms with E-state index in [9.17, 15) is 10.2 Å². The van der Waals surface area contributed by atoms with Crippen LogP contribution in [0.1, 0.15) is 35.1 Å². The van der Waals surface area contributed by atoms with Crippen molar-refractivity contribution in [1.82, 2.24) is 19.5 Å². The van der Waals surface area contributed by atoms with Crippen LogP contribution in [0.5, 0.6) is 5.88 Å². The maximum absolute atomic E-state index is 10.8. The number of aryl methyl sites for hydroxylation is 1. The van der Waals surface area contributed by atoms with Crippen molar-refractivity contribution < 1.29 is 10.2 Å². The summed E-state index contributed by atoms with van der Waals surface area (Å²) in [6.07, 6.45) is 1.16. The summed E-state index contributed by atoms with van der Waals surface area (Å²) < 4.78 is 1.48. The fourth-order valence-electron chi connectivity index (χ4n) is 3.37. The van der Waals surface area contributed by atoms with Gasteiger partial charge in [-0.2, -0.15) is 4.52 Å². The predicted octanol–water partition coefficient (Wildman–Crippen LogP) is 3.00. The number of thiazole rings is 1. The fraction of sp³-hybridized carbons (Fsp3) is 0.412. The maximum Gasteiger partial charge on any atom is 0.230 e. The lowest BCUT2D eigenvalue weighted by atomic mass is 9.99. The number of benzene rings is 1. The van der Waals surface area contributed by atoms with Gasteiger partial charge < -0.3 is 10.2 Å². The van der Waals surface area contributed by atoms with Crippen molar-refractivity contribution in [3.8, 4) is 5.88 Å². The van der Waals surface area contributed by atoms with Gasteiger partial charge in [-0.15, -0.1) is 5.10 Å². The zero-order valence-electron chi connectivity index (χ0n) is 13.8. The Balaban J connectivity index is 1.83. The fourth-order valence-corrected chi connectivity index (χ4v) is 4.76. The lowest BCUT2D eigenvalue weighted by molar-refractivity contribution is 0.0690. The Morgan fingerprint density at radius 2 is 2.00 bits per heavy atom. The standard InChI is InChI=1S/C17H19ClN4O2S/c1-10-19-17-22(20-10)16(24)15(25-17)14(12-4-2-3-5-13(12)18)21-8-6-11(23)7-9-21/h2-5,11,14,23-24H,6-9H2,1H3/t14-/m0/s1. The topological polar surface area (TPSA) is 73.9 Å². The third-order valence-electron chi connectivity index (χ3n) is 4.62. The number of aromatic nitrogens is 3. The SMILES string of the molecule is Cc1nc2sc([C@H](c3ccccc3Cl)N3CCC(O)CC3)c(O)n2n1. The molecule has 0 spiro atoms. The summed E-state index contributed by atoms with van der Waals surface area (Å²) in [6.45, 7) is 3.28. The molecule has 1 fully saturated rings. The second-order valence-electron chi connectivity index (χ2n) is 6.33. The first-order valence-electron chi connectivity index (χ1n) is 8.26. The average molecular weight is 379 g/mol. The van der Waals surface area contributed by atoms with Gasteiger partial charge >= 0.3 is 0 Å². The zero-order valence-corrected chi connectivity index (χ0v) is 15.3. The molecule has 4 rings (SSSR count). The smallest absolute Gasteiger partial charge is 0.230 e. The number of aromatic hydroxyl groups is 1. The molecule has 8 heteroatoms. The Hall–Kier alpha value is -1.67. The van der Waals surface area contributed by atoms with E-state index in [-0.39, 0.29) is 18.0 Å². The molecule has 6 nitrogen and oxygen atoms in total. The first-order chi connectivity index (χ1) is 12.0. The van der Waals surface area contributed by atoms with Gasteiger partial charge in [0.15, 0.2) is 0 Å². The minimum Gasteiger partial charge on any atom is -0.492 e. The molecule has 3 aromatic rings. The van der Waals surface area contributed by atoms with Gasteiger partial charge in [0.05, 0.1) is 17.0 Å². The first kappa shape index (κ1) is 16.8. The quantitative estimate of drug-likeness (QED) is 0.732. The Labute approximate surface area is 154 Å². The highest BCUT2D eigenvalue weighted by molar-refractivity contribution is 7.17. The average Bonchev–Trinajstić information content (AvgIpc) is 3.09. The first-order valence-corrected chi connectivity index (χ1v) is 9.45. The molecule has 3 heterocycles.